The third-order valence-electron chi connectivity index (χ3n) is 1.34. The summed E-state index contributed by atoms with van der Waals surface area (Å²) < 4.78 is 0. The van der Waals surface area contributed by atoms with Gasteiger partial charge < -0.3 is 5.11 Å². The summed E-state index contributed by atoms with van der Waals surface area (Å²) in [5.41, 5.74) is -0.366. The Labute approximate surface area is 83.6 Å². The lowest BCUT2D eigenvalue weighted by Gasteiger charge is -1.90. The van der Waals surface area contributed by atoms with E-state index in [1.165, 1.54) is 18.2 Å². The predicted octanol–water partition coefficient (Wildman–Crippen LogP) is 0.750. The zero-order valence-corrected chi connectivity index (χ0v) is 7.78. The van der Waals surface area contributed by atoms with Gasteiger partial charge in [-0.3, -0.25) is 9.59 Å². The maximum Gasteiger partial charge on any atom is 0.383 e. The van der Waals surface area contributed by atoms with Crippen LogP contribution in [0.1, 0.15) is 0 Å². The minimum absolute atomic E-state index is 0.113. The molecular formula is C9H6O4S. The van der Waals surface area contributed by atoms with Crippen LogP contribution < -0.4 is 5.43 Å². The van der Waals surface area contributed by atoms with Crippen molar-refractivity contribution in [3.05, 3.63) is 40.6 Å². The number of thioether (sulfide) groups is 1. The second-order valence-corrected chi connectivity index (χ2v) is 3.35. The average molecular weight is 210 g/mol. The summed E-state index contributed by atoms with van der Waals surface area (Å²) in [5, 5.41) is 7.26. The first-order valence-electron chi connectivity index (χ1n) is 3.65. The molecule has 0 heterocycles. The number of rotatable bonds is 1. The lowest BCUT2D eigenvalue weighted by Crippen LogP contribution is -2.10. The number of carboxylic acids is 1. The van der Waals surface area contributed by atoms with E-state index < -0.39 is 11.1 Å². The molecule has 0 saturated carbocycles. The zero-order chi connectivity index (χ0) is 10.6. The van der Waals surface area contributed by atoms with Crippen molar-refractivity contribution in [2.75, 3.05) is 0 Å². The molecule has 0 spiro atoms. The first-order valence-corrected chi connectivity index (χ1v) is 4.47. The van der Waals surface area contributed by atoms with Crippen LogP contribution in [0.25, 0.3) is 0 Å². The van der Waals surface area contributed by atoms with Crippen LogP contribution in [0.15, 0.2) is 40.0 Å². The molecular weight excluding hydrogens is 204 g/mol. The SMILES string of the molecule is O=C(O)C(=O)Sc1cccccc1=O. The molecule has 1 rings (SSSR count). The summed E-state index contributed by atoms with van der Waals surface area (Å²) in [5.74, 6) is -1.55. The second kappa shape index (κ2) is 4.57. The smallest absolute Gasteiger partial charge is 0.383 e. The van der Waals surface area contributed by atoms with Crippen molar-refractivity contribution in [3.63, 3.8) is 0 Å². The third kappa shape index (κ3) is 2.70. The van der Waals surface area contributed by atoms with Gasteiger partial charge in [-0.25, -0.2) is 4.79 Å². The highest BCUT2D eigenvalue weighted by atomic mass is 32.2. The van der Waals surface area contributed by atoms with Crippen LogP contribution in [0.2, 0.25) is 0 Å². The number of carbonyl (C=O) groups is 2. The highest BCUT2D eigenvalue weighted by molar-refractivity contribution is 8.15. The van der Waals surface area contributed by atoms with E-state index in [9.17, 15) is 14.4 Å². The molecule has 0 aliphatic heterocycles. The average Bonchev–Trinajstić information content (AvgIpc) is 2.32. The molecule has 1 aromatic carbocycles. The highest BCUT2D eigenvalue weighted by Gasteiger charge is 2.14. The molecule has 0 radical (unpaired) electrons. The van der Waals surface area contributed by atoms with E-state index in [0.29, 0.717) is 11.8 Å². The van der Waals surface area contributed by atoms with Crippen LogP contribution >= 0.6 is 11.8 Å². The molecule has 0 unspecified atom stereocenters. The van der Waals surface area contributed by atoms with Gasteiger partial charge in [-0.2, -0.15) is 0 Å². The fraction of sp³-hybridized carbons (Fsp3) is 0. The number of carboxylic acid groups (broad SMARTS) is 1. The molecule has 0 atom stereocenters. The Morgan fingerprint density at radius 1 is 1.14 bits per heavy atom. The van der Waals surface area contributed by atoms with E-state index in [2.05, 4.69) is 0 Å². The molecule has 0 saturated heterocycles. The quantitative estimate of drug-likeness (QED) is 0.547. The van der Waals surface area contributed by atoms with Crippen LogP contribution in [0.3, 0.4) is 0 Å². The molecule has 72 valence electrons. The van der Waals surface area contributed by atoms with Gasteiger partial charge in [-0.1, -0.05) is 18.2 Å². The summed E-state index contributed by atoms with van der Waals surface area (Å²) in [4.78, 5) is 32.3. The minimum atomic E-state index is -1.55. The van der Waals surface area contributed by atoms with Gasteiger partial charge in [-0.15, -0.1) is 0 Å². The molecule has 0 aromatic heterocycles. The van der Waals surface area contributed by atoms with Crippen molar-refractivity contribution in [2.24, 2.45) is 0 Å². The molecule has 1 aromatic rings. The zero-order valence-electron chi connectivity index (χ0n) is 6.97. The molecule has 0 bridgehead atoms. The van der Waals surface area contributed by atoms with Gasteiger partial charge in [-0.05, 0) is 23.9 Å². The van der Waals surface area contributed by atoms with Gasteiger partial charge in [0.1, 0.15) is 0 Å². The number of hydrogen-bond acceptors (Lipinski definition) is 4. The maximum absolute atomic E-state index is 11.2. The van der Waals surface area contributed by atoms with E-state index in [1.54, 1.807) is 12.1 Å². The molecule has 14 heavy (non-hydrogen) atoms. The molecule has 0 fully saturated rings. The number of carbonyl (C=O) groups excluding carboxylic acids is 1. The lowest BCUT2D eigenvalue weighted by molar-refractivity contribution is -0.144. The van der Waals surface area contributed by atoms with Gasteiger partial charge in [0.15, 0.2) is 5.43 Å². The van der Waals surface area contributed by atoms with Crippen molar-refractivity contribution >= 4 is 22.8 Å². The largest absolute Gasteiger partial charge is 0.475 e. The summed E-state index contributed by atoms with van der Waals surface area (Å²) in [6, 6.07) is 7.40. The lowest BCUT2D eigenvalue weighted by atomic mass is 10.5. The number of hydrogen-bond donors (Lipinski definition) is 1. The Balaban J connectivity index is 3.00. The Bertz CT molecular complexity index is 427. The summed E-state index contributed by atoms with van der Waals surface area (Å²) in [7, 11) is 0. The molecule has 4 nitrogen and oxygen atoms in total. The fourth-order valence-corrected chi connectivity index (χ4v) is 1.34. The predicted molar refractivity (Wildman–Crippen MR) is 51.2 cm³/mol. The van der Waals surface area contributed by atoms with Crippen molar-refractivity contribution < 1.29 is 14.7 Å². The molecule has 1 N–H and O–H groups in total. The number of aliphatic carboxylic acids is 1. The third-order valence-corrected chi connectivity index (χ3v) is 2.25. The topological polar surface area (TPSA) is 71.4 Å². The van der Waals surface area contributed by atoms with Gasteiger partial charge in [0.2, 0.25) is 0 Å². The van der Waals surface area contributed by atoms with Crippen molar-refractivity contribution in [1.82, 2.24) is 0 Å². The standard InChI is InChI=1S/C9H6O4S/c10-6-4-2-1-3-5-7(6)14-9(13)8(11)12/h1-5H,(H,11,12). The fourth-order valence-electron chi connectivity index (χ4n) is 0.742. The van der Waals surface area contributed by atoms with Crippen LogP contribution in [0.4, 0.5) is 0 Å². The molecule has 0 aliphatic carbocycles. The summed E-state index contributed by atoms with van der Waals surface area (Å²) in [6.07, 6.45) is 0. The Morgan fingerprint density at radius 3 is 2.43 bits per heavy atom. The first kappa shape index (κ1) is 10.5. The van der Waals surface area contributed by atoms with Gasteiger partial charge in [0.25, 0.3) is 0 Å². The Kier molecular flexibility index (Phi) is 3.41. The van der Waals surface area contributed by atoms with Gasteiger partial charge in [0.05, 0.1) is 4.90 Å². The minimum Gasteiger partial charge on any atom is -0.475 e. The van der Waals surface area contributed by atoms with E-state index >= 15 is 0 Å². The van der Waals surface area contributed by atoms with E-state index in [-0.39, 0.29) is 10.3 Å². The van der Waals surface area contributed by atoms with Crippen LogP contribution in [0, 0.1) is 0 Å². The van der Waals surface area contributed by atoms with Crippen molar-refractivity contribution in [3.8, 4) is 0 Å². The van der Waals surface area contributed by atoms with Crippen molar-refractivity contribution in [2.45, 2.75) is 4.90 Å². The van der Waals surface area contributed by atoms with E-state index in [4.69, 9.17) is 5.11 Å². The first-order chi connectivity index (χ1) is 6.61. The molecule has 5 heteroatoms. The van der Waals surface area contributed by atoms with E-state index in [0.717, 1.165) is 0 Å². The van der Waals surface area contributed by atoms with E-state index in [1.807, 2.05) is 0 Å². The Morgan fingerprint density at radius 2 is 1.79 bits per heavy atom. The van der Waals surface area contributed by atoms with Crippen LogP contribution in [-0.2, 0) is 9.59 Å². The summed E-state index contributed by atoms with van der Waals surface area (Å²) in [6.45, 7) is 0. The highest BCUT2D eigenvalue weighted by Crippen LogP contribution is 2.12. The molecule has 0 amide bonds. The normalized spacial score (nSPS) is 9.43. The maximum atomic E-state index is 11.2. The summed E-state index contributed by atoms with van der Waals surface area (Å²) >= 11 is 0.421. The monoisotopic (exact) mass is 210 g/mol. The van der Waals surface area contributed by atoms with Gasteiger partial charge >= 0.3 is 11.1 Å². The van der Waals surface area contributed by atoms with Crippen molar-refractivity contribution in [1.29, 1.82) is 0 Å². The Hall–Kier alpha value is -1.62. The molecule has 0 aliphatic rings. The van der Waals surface area contributed by atoms with Crippen LogP contribution in [0.5, 0.6) is 0 Å². The van der Waals surface area contributed by atoms with Gasteiger partial charge in [0, 0.05) is 0 Å². The van der Waals surface area contributed by atoms with Crippen LogP contribution in [-0.4, -0.2) is 16.2 Å². The second-order valence-electron chi connectivity index (χ2n) is 2.33.